The van der Waals surface area contributed by atoms with Crippen LogP contribution in [-0.2, 0) is 22.4 Å². The highest BCUT2D eigenvalue weighted by molar-refractivity contribution is 7.17. The maximum atomic E-state index is 12.7. The minimum absolute atomic E-state index is 0.139. The Morgan fingerprint density at radius 3 is 2.52 bits per heavy atom. The van der Waals surface area contributed by atoms with E-state index < -0.39 is 0 Å². The lowest BCUT2D eigenvalue weighted by atomic mass is 9.95. The van der Waals surface area contributed by atoms with Crippen molar-refractivity contribution in [2.24, 2.45) is 0 Å². The second kappa shape index (κ2) is 10.3. The van der Waals surface area contributed by atoms with Gasteiger partial charge in [-0.1, -0.05) is 0 Å². The van der Waals surface area contributed by atoms with Crippen molar-refractivity contribution in [3.63, 3.8) is 0 Å². The molecular formula is C21H26N2O5S. The lowest BCUT2D eigenvalue weighted by Crippen LogP contribution is -2.29. The van der Waals surface area contributed by atoms with Gasteiger partial charge in [-0.05, 0) is 55.5 Å². The summed E-state index contributed by atoms with van der Waals surface area (Å²) in [5.74, 6) is 0.817. The second-order valence-corrected chi connectivity index (χ2v) is 7.78. The standard InChI is InChI=1S/C21H26N2O5S/c1-26-12-11-22-20(25)19-16-5-3-4-6-17(16)29-21(19)23-18(24)13-28-15-9-7-14(27-2)8-10-15/h7-10H,3-6,11-13H2,1-2H3,(H,22,25)(H,23,24). The van der Waals surface area contributed by atoms with Gasteiger partial charge in [-0.15, -0.1) is 11.3 Å². The van der Waals surface area contributed by atoms with Crippen LogP contribution in [0.1, 0.15) is 33.6 Å². The molecule has 3 rings (SSSR count). The zero-order valence-corrected chi connectivity index (χ0v) is 17.5. The second-order valence-electron chi connectivity index (χ2n) is 6.68. The highest BCUT2D eigenvalue weighted by atomic mass is 32.1. The van der Waals surface area contributed by atoms with Crippen LogP contribution < -0.4 is 20.1 Å². The molecule has 0 saturated carbocycles. The molecule has 0 spiro atoms. The number of carbonyl (C=O) groups is 2. The first-order valence-corrected chi connectivity index (χ1v) is 10.4. The number of hydrogen-bond donors (Lipinski definition) is 2. The molecule has 1 aliphatic carbocycles. The molecule has 7 nitrogen and oxygen atoms in total. The zero-order valence-electron chi connectivity index (χ0n) is 16.7. The Labute approximate surface area is 174 Å². The summed E-state index contributed by atoms with van der Waals surface area (Å²) in [7, 11) is 3.18. The fourth-order valence-electron chi connectivity index (χ4n) is 3.23. The Hall–Kier alpha value is -2.58. The van der Waals surface area contributed by atoms with Crippen LogP contribution in [0.5, 0.6) is 11.5 Å². The quantitative estimate of drug-likeness (QED) is 0.612. The van der Waals surface area contributed by atoms with E-state index in [1.807, 2.05) is 0 Å². The molecule has 1 heterocycles. The summed E-state index contributed by atoms with van der Waals surface area (Å²) >= 11 is 1.49. The van der Waals surface area contributed by atoms with Crippen molar-refractivity contribution in [1.29, 1.82) is 0 Å². The molecule has 156 valence electrons. The fraction of sp³-hybridized carbons (Fsp3) is 0.429. The Morgan fingerprint density at radius 1 is 1.07 bits per heavy atom. The number of rotatable bonds is 9. The average molecular weight is 419 g/mol. The fourth-order valence-corrected chi connectivity index (χ4v) is 4.54. The minimum atomic E-state index is -0.301. The predicted molar refractivity (Wildman–Crippen MR) is 112 cm³/mol. The molecule has 0 saturated heterocycles. The highest BCUT2D eigenvalue weighted by Gasteiger charge is 2.26. The minimum Gasteiger partial charge on any atom is -0.497 e. The number of thiophene rings is 1. The molecule has 1 aromatic heterocycles. The molecule has 0 atom stereocenters. The van der Waals surface area contributed by atoms with Crippen LogP contribution in [0, 0.1) is 0 Å². The monoisotopic (exact) mass is 418 g/mol. The lowest BCUT2D eigenvalue weighted by molar-refractivity contribution is -0.118. The van der Waals surface area contributed by atoms with Gasteiger partial charge in [-0.3, -0.25) is 9.59 Å². The molecule has 2 N–H and O–H groups in total. The summed E-state index contributed by atoms with van der Waals surface area (Å²) in [6.45, 7) is 0.725. The van der Waals surface area contributed by atoms with Gasteiger partial charge in [0, 0.05) is 18.5 Å². The first-order valence-electron chi connectivity index (χ1n) is 9.60. The number of amides is 2. The van der Waals surface area contributed by atoms with E-state index >= 15 is 0 Å². The molecule has 1 aromatic carbocycles. The van der Waals surface area contributed by atoms with Gasteiger partial charge in [-0.25, -0.2) is 0 Å². The maximum Gasteiger partial charge on any atom is 0.262 e. The highest BCUT2D eigenvalue weighted by Crippen LogP contribution is 2.38. The molecule has 0 fully saturated rings. The number of benzene rings is 1. The van der Waals surface area contributed by atoms with Crippen molar-refractivity contribution in [3.8, 4) is 11.5 Å². The molecular weight excluding hydrogens is 392 g/mol. The van der Waals surface area contributed by atoms with Crippen LogP contribution in [0.15, 0.2) is 24.3 Å². The molecule has 1 aliphatic rings. The summed E-state index contributed by atoms with van der Waals surface area (Å²) in [6.07, 6.45) is 3.95. The third-order valence-electron chi connectivity index (χ3n) is 4.67. The molecule has 0 aliphatic heterocycles. The van der Waals surface area contributed by atoms with Crippen molar-refractivity contribution >= 4 is 28.2 Å². The summed E-state index contributed by atoms with van der Waals surface area (Å²) in [4.78, 5) is 26.4. The van der Waals surface area contributed by atoms with Crippen molar-refractivity contribution in [2.45, 2.75) is 25.7 Å². The third-order valence-corrected chi connectivity index (χ3v) is 5.88. The van der Waals surface area contributed by atoms with E-state index in [0.717, 1.165) is 37.0 Å². The van der Waals surface area contributed by atoms with Crippen molar-refractivity contribution < 1.29 is 23.8 Å². The predicted octanol–water partition coefficient (Wildman–Crippen LogP) is 3.03. The summed E-state index contributed by atoms with van der Waals surface area (Å²) in [6, 6.07) is 7.02. The van der Waals surface area contributed by atoms with Gasteiger partial charge in [-0.2, -0.15) is 0 Å². The van der Waals surface area contributed by atoms with E-state index in [0.29, 0.717) is 29.5 Å². The molecule has 0 unspecified atom stereocenters. The molecule has 8 heteroatoms. The number of anilines is 1. The molecule has 0 bridgehead atoms. The first-order chi connectivity index (χ1) is 14.1. The van der Waals surface area contributed by atoms with Crippen LogP contribution in [0.2, 0.25) is 0 Å². The van der Waals surface area contributed by atoms with E-state index in [1.54, 1.807) is 38.5 Å². The van der Waals surface area contributed by atoms with Crippen molar-refractivity contribution in [2.75, 3.05) is 39.3 Å². The molecule has 29 heavy (non-hydrogen) atoms. The molecule has 2 amide bonds. The summed E-state index contributed by atoms with van der Waals surface area (Å²) in [5.41, 5.74) is 1.64. The van der Waals surface area contributed by atoms with E-state index in [4.69, 9.17) is 14.2 Å². The van der Waals surface area contributed by atoms with Gasteiger partial charge in [0.1, 0.15) is 16.5 Å². The Bertz CT molecular complexity index is 848. The SMILES string of the molecule is COCCNC(=O)c1c(NC(=O)COc2ccc(OC)cc2)sc2c1CCCC2. The topological polar surface area (TPSA) is 85.9 Å². The number of fused-ring (bicyclic) bond motifs is 1. The normalized spacial score (nSPS) is 12.8. The lowest BCUT2D eigenvalue weighted by Gasteiger charge is -2.13. The van der Waals surface area contributed by atoms with E-state index in [1.165, 1.54) is 16.2 Å². The maximum absolute atomic E-state index is 12.7. The Morgan fingerprint density at radius 2 is 1.79 bits per heavy atom. The molecule has 2 aromatic rings. The van der Waals surface area contributed by atoms with E-state index in [9.17, 15) is 9.59 Å². The number of hydrogen-bond acceptors (Lipinski definition) is 6. The van der Waals surface area contributed by atoms with Crippen LogP contribution in [-0.4, -0.2) is 45.8 Å². The number of ether oxygens (including phenoxy) is 3. The van der Waals surface area contributed by atoms with Gasteiger partial charge < -0.3 is 24.8 Å². The average Bonchev–Trinajstić information content (AvgIpc) is 3.10. The Kier molecular flexibility index (Phi) is 7.48. The van der Waals surface area contributed by atoms with Gasteiger partial charge in [0.15, 0.2) is 6.61 Å². The smallest absolute Gasteiger partial charge is 0.262 e. The van der Waals surface area contributed by atoms with Gasteiger partial charge >= 0.3 is 0 Å². The zero-order chi connectivity index (χ0) is 20.6. The summed E-state index contributed by atoms with van der Waals surface area (Å²) in [5, 5.41) is 6.33. The van der Waals surface area contributed by atoms with Gasteiger partial charge in [0.25, 0.3) is 11.8 Å². The Balaban J connectivity index is 1.67. The van der Waals surface area contributed by atoms with Crippen LogP contribution >= 0.6 is 11.3 Å². The number of nitrogens with one attached hydrogen (secondary N) is 2. The van der Waals surface area contributed by atoms with Crippen LogP contribution in [0.4, 0.5) is 5.00 Å². The van der Waals surface area contributed by atoms with E-state index in [-0.39, 0.29) is 18.4 Å². The van der Waals surface area contributed by atoms with Crippen LogP contribution in [0.3, 0.4) is 0 Å². The van der Waals surface area contributed by atoms with Gasteiger partial charge in [0.2, 0.25) is 0 Å². The molecule has 0 radical (unpaired) electrons. The van der Waals surface area contributed by atoms with Crippen molar-refractivity contribution in [3.05, 3.63) is 40.3 Å². The third kappa shape index (κ3) is 5.48. The van der Waals surface area contributed by atoms with Crippen molar-refractivity contribution in [1.82, 2.24) is 5.32 Å². The number of carbonyl (C=O) groups excluding carboxylic acids is 2. The largest absolute Gasteiger partial charge is 0.497 e. The first kappa shape index (κ1) is 21.1. The van der Waals surface area contributed by atoms with E-state index in [2.05, 4.69) is 10.6 Å². The van der Waals surface area contributed by atoms with Gasteiger partial charge in [0.05, 0.1) is 19.3 Å². The number of methoxy groups -OCH3 is 2. The number of aryl methyl sites for hydroxylation is 1. The van der Waals surface area contributed by atoms with Crippen LogP contribution in [0.25, 0.3) is 0 Å². The summed E-state index contributed by atoms with van der Waals surface area (Å²) < 4.78 is 15.6.